The number of nitrogens with two attached hydrogens (primary N) is 1. The molecule has 0 spiro atoms. The molecule has 2 aromatic heterocycles. The summed E-state index contributed by atoms with van der Waals surface area (Å²) in [6.45, 7) is 1.83. The van der Waals surface area contributed by atoms with Gasteiger partial charge in [-0.25, -0.2) is 9.07 Å². The fourth-order valence-corrected chi connectivity index (χ4v) is 2.89. The maximum atomic E-state index is 14.3. The lowest BCUT2D eigenvalue weighted by Gasteiger charge is -2.11. The molecule has 0 bridgehead atoms. The Hall–Kier alpha value is -2.70. The van der Waals surface area contributed by atoms with Crippen LogP contribution in [0.1, 0.15) is 35.7 Å². The molecule has 3 aromatic rings. The molecule has 7 heteroatoms. The predicted molar refractivity (Wildman–Crippen MR) is 79.3 cm³/mol. The van der Waals surface area contributed by atoms with E-state index >= 15 is 0 Å². The first-order chi connectivity index (χ1) is 10.6. The number of halogens is 1. The van der Waals surface area contributed by atoms with Crippen LogP contribution in [0, 0.1) is 6.92 Å². The minimum Gasteiger partial charge on any atom is -0.383 e. The summed E-state index contributed by atoms with van der Waals surface area (Å²) in [7, 11) is 0. The van der Waals surface area contributed by atoms with Gasteiger partial charge in [0.05, 0.1) is 11.7 Å². The summed E-state index contributed by atoms with van der Waals surface area (Å²) < 4.78 is 17.4. The first-order valence-electron chi connectivity index (χ1n) is 7.11. The number of aryl methyl sites for hydroxylation is 1. The highest BCUT2D eigenvalue weighted by molar-refractivity contribution is 5.37. The van der Waals surface area contributed by atoms with Crippen molar-refractivity contribution in [2.75, 3.05) is 5.73 Å². The Kier molecular flexibility index (Phi) is 2.75. The van der Waals surface area contributed by atoms with Crippen LogP contribution in [0.4, 0.5) is 10.2 Å². The maximum absolute atomic E-state index is 14.3. The van der Waals surface area contributed by atoms with Crippen molar-refractivity contribution >= 4 is 5.82 Å². The quantitative estimate of drug-likeness (QED) is 0.788. The van der Waals surface area contributed by atoms with E-state index in [-0.39, 0.29) is 6.04 Å². The number of benzene rings is 1. The number of rotatable bonds is 2. The molecule has 0 radical (unpaired) electrons. The summed E-state index contributed by atoms with van der Waals surface area (Å²) in [6, 6.07) is 11.3. The second kappa shape index (κ2) is 4.66. The highest BCUT2D eigenvalue weighted by atomic mass is 19.1. The Morgan fingerprint density at radius 3 is 2.68 bits per heavy atom. The van der Waals surface area contributed by atoms with Gasteiger partial charge in [-0.2, -0.15) is 14.8 Å². The van der Waals surface area contributed by atoms with Crippen molar-refractivity contribution in [3.63, 3.8) is 0 Å². The molecular weight excluding hydrogens is 283 g/mol. The molecular formula is C15H15FN6. The molecule has 2 atom stereocenters. The van der Waals surface area contributed by atoms with E-state index < -0.39 is 6.17 Å². The Morgan fingerprint density at radius 1 is 1.23 bits per heavy atom. The molecule has 0 amide bonds. The minimum absolute atomic E-state index is 0.148. The summed E-state index contributed by atoms with van der Waals surface area (Å²) in [4.78, 5) is 4.29. The van der Waals surface area contributed by atoms with Crippen molar-refractivity contribution in [1.82, 2.24) is 24.5 Å². The molecule has 3 heterocycles. The number of alkyl halides is 1. The van der Waals surface area contributed by atoms with E-state index in [2.05, 4.69) is 15.2 Å². The summed E-state index contributed by atoms with van der Waals surface area (Å²) in [5.41, 5.74) is 7.68. The lowest BCUT2D eigenvalue weighted by molar-refractivity contribution is 0.328. The molecule has 1 aliphatic heterocycles. The molecule has 112 valence electrons. The van der Waals surface area contributed by atoms with E-state index in [1.165, 1.54) is 4.68 Å². The topological polar surface area (TPSA) is 74.6 Å². The monoisotopic (exact) mass is 298 g/mol. The zero-order chi connectivity index (χ0) is 15.3. The van der Waals surface area contributed by atoms with Crippen molar-refractivity contribution < 1.29 is 4.39 Å². The van der Waals surface area contributed by atoms with Gasteiger partial charge >= 0.3 is 0 Å². The van der Waals surface area contributed by atoms with Crippen LogP contribution in [0.5, 0.6) is 0 Å². The number of nitrogen functional groups attached to an aromatic ring is 1. The van der Waals surface area contributed by atoms with Crippen LogP contribution in [0.2, 0.25) is 0 Å². The van der Waals surface area contributed by atoms with E-state index in [1.54, 1.807) is 10.7 Å². The molecule has 0 unspecified atom stereocenters. The van der Waals surface area contributed by atoms with Gasteiger partial charge in [0.2, 0.25) is 0 Å². The van der Waals surface area contributed by atoms with Crippen LogP contribution in [0.15, 0.2) is 36.4 Å². The van der Waals surface area contributed by atoms with Gasteiger partial charge in [0.1, 0.15) is 5.82 Å². The van der Waals surface area contributed by atoms with Gasteiger partial charge < -0.3 is 5.73 Å². The summed E-state index contributed by atoms with van der Waals surface area (Å²) in [5, 5.41) is 8.68. The van der Waals surface area contributed by atoms with Crippen LogP contribution < -0.4 is 5.73 Å². The van der Waals surface area contributed by atoms with Gasteiger partial charge in [-0.05, 0) is 12.5 Å². The van der Waals surface area contributed by atoms with Crippen LogP contribution in [-0.4, -0.2) is 24.5 Å². The van der Waals surface area contributed by atoms with Crippen molar-refractivity contribution in [2.24, 2.45) is 0 Å². The molecule has 0 aliphatic carbocycles. The van der Waals surface area contributed by atoms with Gasteiger partial charge in [-0.1, -0.05) is 30.3 Å². The minimum atomic E-state index is -1.13. The van der Waals surface area contributed by atoms with Gasteiger partial charge in [0.15, 0.2) is 12.0 Å². The molecule has 4 rings (SSSR count). The Balaban J connectivity index is 1.79. The summed E-state index contributed by atoms with van der Waals surface area (Å²) in [5.74, 6) is 1.08. The van der Waals surface area contributed by atoms with Crippen LogP contribution in [0.3, 0.4) is 0 Å². The Labute approximate surface area is 126 Å². The van der Waals surface area contributed by atoms with Crippen molar-refractivity contribution in [1.29, 1.82) is 0 Å². The Bertz CT molecular complexity index is 822. The molecule has 0 fully saturated rings. The molecule has 2 N–H and O–H groups in total. The maximum Gasteiger partial charge on any atom is 0.271 e. The van der Waals surface area contributed by atoms with E-state index in [0.717, 1.165) is 11.3 Å². The van der Waals surface area contributed by atoms with Crippen molar-refractivity contribution in [2.45, 2.75) is 25.6 Å². The van der Waals surface area contributed by atoms with Gasteiger partial charge in [0, 0.05) is 12.5 Å². The van der Waals surface area contributed by atoms with Crippen molar-refractivity contribution in [3.05, 3.63) is 53.5 Å². The fourth-order valence-electron chi connectivity index (χ4n) is 2.89. The molecule has 1 aliphatic rings. The molecule has 1 aromatic carbocycles. The highest BCUT2D eigenvalue weighted by Crippen LogP contribution is 2.39. The third-order valence-electron chi connectivity index (χ3n) is 3.88. The summed E-state index contributed by atoms with van der Waals surface area (Å²) in [6.07, 6.45) is -0.780. The van der Waals surface area contributed by atoms with Crippen LogP contribution in [-0.2, 0) is 0 Å². The number of fused-ring (bicyclic) bond motifs is 1. The average Bonchev–Trinajstić information content (AvgIpc) is 3.15. The second-order valence-electron chi connectivity index (χ2n) is 5.47. The highest BCUT2D eigenvalue weighted by Gasteiger charge is 2.35. The fraction of sp³-hybridized carbons (Fsp3) is 0.267. The standard InChI is InChI=1S/C15H15FN6/c1-9-7-13(17)22(19-9)15-18-14-11(16)8-12(21(14)20-15)10-5-3-2-4-6-10/h2-7,11-12H,8,17H2,1H3/t11-,12-/m0/s1. The van der Waals surface area contributed by atoms with Crippen LogP contribution >= 0.6 is 0 Å². The SMILES string of the molecule is Cc1cc(N)n(-c2nc3n(n2)[C@H](c2ccccc2)C[C@@H]3F)n1. The van der Waals surface area contributed by atoms with E-state index in [1.807, 2.05) is 37.3 Å². The molecule has 22 heavy (non-hydrogen) atoms. The number of aromatic nitrogens is 5. The molecule has 6 nitrogen and oxygen atoms in total. The smallest absolute Gasteiger partial charge is 0.271 e. The lowest BCUT2D eigenvalue weighted by atomic mass is 10.0. The van der Waals surface area contributed by atoms with E-state index in [9.17, 15) is 4.39 Å². The number of anilines is 1. The first-order valence-corrected chi connectivity index (χ1v) is 7.11. The van der Waals surface area contributed by atoms with Gasteiger partial charge in [0.25, 0.3) is 5.95 Å². The van der Waals surface area contributed by atoms with E-state index in [0.29, 0.717) is 24.0 Å². The number of nitrogens with zero attached hydrogens (tertiary/aromatic N) is 5. The third kappa shape index (κ3) is 1.89. The largest absolute Gasteiger partial charge is 0.383 e. The van der Waals surface area contributed by atoms with Crippen molar-refractivity contribution in [3.8, 4) is 5.95 Å². The average molecular weight is 298 g/mol. The zero-order valence-electron chi connectivity index (χ0n) is 12.0. The first kappa shape index (κ1) is 13.0. The molecule has 0 saturated carbocycles. The van der Waals surface area contributed by atoms with E-state index in [4.69, 9.17) is 5.73 Å². The number of hydrogen-bond acceptors (Lipinski definition) is 4. The normalized spacial score (nSPS) is 20.3. The van der Waals surface area contributed by atoms with Crippen LogP contribution in [0.25, 0.3) is 5.95 Å². The second-order valence-corrected chi connectivity index (χ2v) is 5.47. The predicted octanol–water partition coefficient (Wildman–Crippen LogP) is 2.36. The van der Waals surface area contributed by atoms with Gasteiger partial charge in [-0.15, -0.1) is 5.10 Å². The Morgan fingerprint density at radius 2 is 2.00 bits per heavy atom. The van der Waals surface area contributed by atoms with Gasteiger partial charge in [-0.3, -0.25) is 0 Å². The number of hydrogen-bond donors (Lipinski definition) is 1. The lowest BCUT2D eigenvalue weighted by Crippen LogP contribution is -2.09. The summed E-state index contributed by atoms with van der Waals surface area (Å²) >= 11 is 0. The molecule has 0 saturated heterocycles. The zero-order valence-corrected chi connectivity index (χ0v) is 12.0. The third-order valence-corrected chi connectivity index (χ3v) is 3.88.